The van der Waals surface area contributed by atoms with Crippen molar-refractivity contribution < 1.29 is 23.9 Å². The van der Waals surface area contributed by atoms with E-state index in [1.54, 1.807) is 19.1 Å². The summed E-state index contributed by atoms with van der Waals surface area (Å²) in [6, 6.07) is 14.0. The number of hydrogen-bond donors (Lipinski definition) is 0. The molecule has 3 rings (SSSR count). The fourth-order valence-electron chi connectivity index (χ4n) is 3.17. The van der Waals surface area contributed by atoms with E-state index in [1.165, 1.54) is 13.0 Å². The Kier molecular flexibility index (Phi) is 5.59. The molecule has 6 nitrogen and oxygen atoms in total. The van der Waals surface area contributed by atoms with Gasteiger partial charge in [-0.05, 0) is 26.0 Å². The van der Waals surface area contributed by atoms with E-state index in [0.29, 0.717) is 29.2 Å². The molecule has 2 amide bonds. The summed E-state index contributed by atoms with van der Waals surface area (Å²) in [4.78, 5) is 38.5. The van der Waals surface area contributed by atoms with Crippen LogP contribution in [-0.4, -0.2) is 31.0 Å². The minimum absolute atomic E-state index is 0.235. The molecule has 0 unspecified atom stereocenters. The fraction of sp³-hybridized carbons (Fsp3) is 0.227. The summed E-state index contributed by atoms with van der Waals surface area (Å²) < 4.78 is 10.8. The first-order valence-corrected chi connectivity index (χ1v) is 9.08. The lowest BCUT2D eigenvalue weighted by atomic mass is 10.0. The van der Waals surface area contributed by atoms with Crippen molar-refractivity contribution >= 4 is 34.8 Å². The molecular weight excluding hydrogens is 358 g/mol. The number of rotatable bonds is 5. The third kappa shape index (κ3) is 3.41. The van der Waals surface area contributed by atoms with E-state index < -0.39 is 17.8 Å². The normalized spacial score (nSPS) is 14.5. The molecule has 1 aliphatic heterocycles. The summed E-state index contributed by atoms with van der Waals surface area (Å²) in [5, 5.41) is 0. The number of esters is 1. The molecule has 28 heavy (non-hydrogen) atoms. The van der Waals surface area contributed by atoms with Crippen molar-refractivity contribution in [1.29, 1.82) is 0 Å². The second kappa shape index (κ2) is 8.08. The molecule has 1 aliphatic rings. The Bertz CT molecular complexity index is 962. The molecular formula is C22H21NO5. The van der Waals surface area contributed by atoms with Gasteiger partial charge in [0.15, 0.2) is 0 Å². The van der Waals surface area contributed by atoms with Crippen molar-refractivity contribution in [1.82, 2.24) is 0 Å². The van der Waals surface area contributed by atoms with Gasteiger partial charge in [-0.2, -0.15) is 0 Å². The molecule has 0 fully saturated rings. The average molecular weight is 379 g/mol. The van der Waals surface area contributed by atoms with Crippen LogP contribution in [0.3, 0.4) is 0 Å². The molecule has 0 aliphatic carbocycles. The molecule has 0 spiro atoms. The third-order valence-electron chi connectivity index (χ3n) is 4.30. The molecule has 0 saturated carbocycles. The minimum atomic E-state index is -0.508. The van der Waals surface area contributed by atoms with Crippen LogP contribution in [0, 0.1) is 0 Å². The first kappa shape index (κ1) is 19.4. The second-order valence-electron chi connectivity index (χ2n) is 6.12. The predicted molar refractivity (Wildman–Crippen MR) is 105 cm³/mol. The maximum atomic E-state index is 13.2. The van der Waals surface area contributed by atoms with Crippen LogP contribution in [0.5, 0.6) is 0 Å². The number of benzene rings is 2. The molecule has 0 saturated heterocycles. The Labute approximate surface area is 163 Å². The van der Waals surface area contributed by atoms with E-state index in [0.717, 1.165) is 10.5 Å². The summed E-state index contributed by atoms with van der Waals surface area (Å²) in [6.07, 6.45) is 0. The lowest BCUT2D eigenvalue weighted by Crippen LogP contribution is -2.31. The summed E-state index contributed by atoms with van der Waals surface area (Å²) in [6.45, 7) is 5.45. The largest absolute Gasteiger partial charge is 0.492 e. The molecule has 6 heteroatoms. The number of carbonyl (C=O) groups is 3. The Morgan fingerprint density at radius 3 is 2.21 bits per heavy atom. The topological polar surface area (TPSA) is 72.9 Å². The first-order valence-electron chi connectivity index (χ1n) is 9.08. The molecule has 2 aromatic carbocycles. The van der Waals surface area contributed by atoms with E-state index in [-0.39, 0.29) is 12.2 Å². The highest BCUT2D eigenvalue weighted by atomic mass is 16.5. The monoisotopic (exact) mass is 379 g/mol. The number of carbonyl (C=O) groups excluding carboxylic acids is 3. The molecule has 1 heterocycles. The Morgan fingerprint density at radius 1 is 0.929 bits per heavy atom. The Morgan fingerprint density at radius 2 is 1.61 bits per heavy atom. The zero-order valence-electron chi connectivity index (χ0n) is 16.0. The van der Waals surface area contributed by atoms with E-state index >= 15 is 0 Å². The van der Waals surface area contributed by atoms with Gasteiger partial charge in [0.1, 0.15) is 5.76 Å². The van der Waals surface area contributed by atoms with Gasteiger partial charge in [-0.25, -0.2) is 9.69 Å². The highest BCUT2D eigenvalue weighted by Crippen LogP contribution is 2.42. The van der Waals surface area contributed by atoms with E-state index in [9.17, 15) is 14.4 Å². The van der Waals surface area contributed by atoms with Crippen molar-refractivity contribution in [2.45, 2.75) is 20.8 Å². The van der Waals surface area contributed by atoms with Crippen LogP contribution in [0.2, 0.25) is 0 Å². The highest BCUT2D eigenvalue weighted by Gasteiger charge is 2.38. The SMILES string of the molecule is CCOC(=O)c1ccc2c(c1)N(C(C)=O)C(=O)C2=C(OCC)c1ccccc1. The molecule has 2 aromatic rings. The number of anilines is 1. The lowest BCUT2D eigenvalue weighted by Gasteiger charge is -2.14. The minimum Gasteiger partial charge on any atom is -0.492 e. The number of fused-ring (bicyclic) bond motifs is 1. The van der Waals surface area contributed by atoms with Crippen LogP contribution in [0.1, 0.15) is 42.3 Å². The fourth-order valence-corrected chi connectivity index (χ4v) is 3.17. The van der Waals surface area contributed by atoms with Gasteiger partial charge >= 0.3 is 5.97 Å². The molecule has 0 N–H and O–H groups in total. The van der Waals surface area contributed by atoms with Crippen molar-refractivity contribution in [3.8, 4) is 0 Å². The predicted octanol–water partition coefficient (Wildman–Crippen LogP) is 3.66. The number of amides is 2. The maximum Gasteiger partial charge on any atom is 0.338 e. The van der Waals surface area contributed by atoms with Gasteiger partial charge in [0.2, 0.25) is 5.91 Å². The van der Waals surface area contributed by atoms with Crippen molar-refractivity contribution in [2.24, 2.45) is 0 Å². The van der Waals surface area contributed by atoms with Gasteiger partial charge in [-0.3, -0.25) is 9.59 Å². The average Bonchev–Trinajstić information content (AvgIpc) is 2.98. The van der Waals surface area contributed by atoms with Gasteiger partial charge in [-0.1, -0.05) is 36.4 Å². The smallest absolute Gasteiger partial charge is 0.338 e. The molecule has 0 atom stereocenters. The van der Waals surface area contributed by atoms with Crippen LogP contribution in [0.15, 0.2) is 48.5 Å². The van der Waals surface area contributed by atoms with Gasteiger partial charge < -0.3 is 9.47 Å². The van der Waals surface area contributed by atoms with Crippen LogP contribution in [0.4, 0.5) is 5.69 Å². The molecule has 0 bridgehead atoms. The number of nitrogens with zero attached hydrogens (tertiary/aromatic N) is 1. The van der Waals surface area contributed by atoms with E-state index in [1.807, 2.05) is 37.3 Å². The summed E-state index contributed by atoms with van der Waals surface area (Å²) in [5.74, 6) is -1.02. The molecule has 0 aromatic heterocycles. The Balaban J connectivity index is 2.24. The third-order valence-corrected chi connectivity index (χ3v) is 4.30. The highest BCUT2D eigenvalue weighted by molar-refractivity contribution is 6.43. The van der Waals surface area contributed by atoms with Crippen LogP contribution in [-0.2, 0) is 19.1 Å². The van der Waals surface area contributed by atoms with Gasteiger partial charge in [0.05, 0.1) is 30.0 Å². The van der Waals surface area contributed by atoms with Crippen molar-refractivity contribution in [2.75, 3.05) is 18.1 Å². The van der Waals surface area contributed by atoms with Gasteiger partial charge in [0, 0.05) is 18.1 Å². The second-order valence-corrected chi connectivity index (χ2v) is 6.12. The van der Waals surface area contributed by atoms with Crippen LogP contribution in [0.25, 0.3) is 11.3 Å². The van der Waals surface area contributed by atoms with Gasteiger partial charge in [0.25, 0.3) is 5.91 Å². The quantitative estimate of drug-likeness (QED) is 0.450. The molecule has 0 radical (unpaired) electrons. The summed E-state index contributed by atoms with van der Waals surface area (Å²) in [5.41, 5.74) is 2.21. The summed E-state index contributed by atoms with van der Waals surface area (Å²) in [7, 11) is 0. The van der Waals surface area contributed by atoms with E-state index in [4.69, 9.17) is 9.47 Å². The van der Waals surface area contributed by atoms with Crippen LogP contribution < -0.4 is 4.90 Å². The number of hydrogen-bond acceptors (Lipinski definition) is 5. The lowest BCUT2D eigenvalue weighted by molar-refractivity contribution is -0.122. The summed E-state index contributed by atoms with van der Waals surface area (Å²) >= 11 is 0. The standard InChI is InChI=1S/C22H21NO5/c1-4-27-20(15-9-7-6-8-10-15)19-17-12-11-16(22(26)28-5-2)13-18(17)23(14(3)24)21(19)25/h6-13H,4-5H2,1-3H3. The number of ether oxygens (including phenoxy) is 2. The zero-order chi connectivity index (χ0) is 20.3. The van der Waals surface area contributed by atoms with Crippen LogP contribution >= 0.6 is 0 Å². The van der Waals surface area contributed by atoms with Crippen molar-refractivity contribution in [3.05, 3.63) is 65.2 Å². The maximum absolute atomic E-state index is 13.2. The Hall–Kier alpha value is -3.41. The zero-order valence-corrected chi connectivity index (χ0v) is 16.0. The van der Waals surface area contributed by atoms with Gasteiger partial charge in [-0.15, -0.1) is 0 Å². The van der Waals surface area contributed by atoms with E-state index in [2.05, 4.69) is 0 Å². The van der Waals surface area contributed by atoms with Crippen molar-refractivity contribution in [3.63, 3.8) is 0 Å². The number of imide groups is 1. The first-order chi connectivity index (χ1) is 13.5. The molecule has 144 valence electrons.